The van der Waals surface area contributed by atoms with Crippen molar-refractivity contribution in [3.63, 3.8) is 0 Å². The van der Waals surface area contributed by atoms with Crippen LogP contribution in [0.15, 0.2) is 28.2 Å². The molecule has 1 aliphatic heterocycles. The Hall–Kier alpha value is -1.23. The van der Waals surface area contributed by atoms with E-state index in [0.29, 0.717) is 5.82 Å². The van der Waals surface area contributed by atoms with Crippen molar-refractivity contribution in [2.45, 2.75) is 11.8 Å². The number of rotatable bonds is 0. The molecule has 1 aromatic heterocycles. The van der Waals surface area contributed by atoms with Crippen molar-refractivity contribution in [3.8, 4) is 0 Å². The zero-order valence-electron chi connectivity index (χ0n) is 6.35. The number of hydrogen-bond donors (Lipinski definition) is 0. The molecule has 0 aromatic carbocycles. The Morgan fingerprint density at radius 2 is 2.17 bits per heavy atom. The van der Waals surface area contributed by atoms with Crippen LogP contribution in [0.5, 0.6) is 0 Å². The number of aromatic nitrogens is 1. The van der Waals surface area contributed by atoms with Crippen molar-refractivity contribution in [2.75, 3.05) is 0 Å². The molecule has 0 bridgehead atoms. The van der Waals surface area contributed by atoms with Crippen LogP contribution in [-0.4, -0.2) is 18.4 Å². The van der Waals surface area contributed by atoms with Crippen LogP contribution in [0.3, 0.4) is 0 Å². The molecule has 0 unspecified atom stereocenters. The fourth-order valence-electron chi connectivity index (χ4n) is 1.04. The molecule has 4 nitrogen and oxygen atoms in total. The van der Waals surface area contributed by atoms with Gasteiger partial charge in [0.2, 0.25) is 9.84 Å². The van der Waals surface area contributed by atoms with Crippen LogP contribution in [0.4, 0.5) is 5.82 Å². The minimum Gasteiger partial charge on any atom is -0.236 e. The summed E-state index contributed by atoms with van der Waals surface area (Å²) in [5, 5.41) is 0.121. The number of hydrogen-bond acceptors (Lipinski definition) is 4. The molecule has 62 valence electrons. The number of pyridine rings is 1. The Morgan fingerprint density at radius 3 is 2.83 bits per heavy atom. The Balaban J connectivity index is 2.83. The summed E-state index contributed by atoms with van der Waals surface area (Å²) in [6.45, 7) is 1.47. The average molecular weight is 182 g/mol. The van der Waals surface area contributed by atoms with Gasteiger partial charge in [0.25, 0.3) is 0 Å². The Kier molecular flexibility index (Phi) is 1.32. The maximum atomic E-state index is 11.4. The number of sulfone groups is 1. The predicted octanol–water partition coefficient (Wildman–Crippen LogP) is 0.919. The van der Waals surface area contributed by atoms with Gasteiger partial charge in [-0.25, -0.2) is 18.4 Å². The molecular weight excluding hydrogens is 176 g/mol. The highest BCUT2D eigenvalue weighted by atomic mass is 32.2. The van der Waals surface area contributed by atoms with E-state index in [1.807, 2.05) is 0 Å². The van der Waals surface area contributed by atoms with Gasteiger partial charge in [-0.2, -0.15) is 0 Å². The third-order valence-corrected chi connectivity index (χ3v) is 3.46. The predicted molar refractivity (Wildman–Crippen MR) is 44.2 cm³/mol. The topological polar surface area (TPSA) is 59.4 Å². The van der Waals surface area contributed by atoms with Crippen molar-refractivity contribution >= 4 is 20.7 Å². The zero-order chi connectivity index (χ0) is 8.77. The quantitative estimate of drug-likeness (QED) is 0.599. The first-order valence-electron chi connectivity index (χ1n) is 3.38. The molecule has 2 heterocycles. The molecule has 1 aromatic rings. The van der Waals surface area contributed by atoms with Crippen LogP contribution >= 0.6 is 0 Å². The molecule has 0 saturated carbocycles. The lowest BCUT2D eigenvalue weighted by Gasteiger charge is -1.93. The Bertz CT molecular complexity index is 462. The molecule has 0 atom stereocenters. The molecule has 0 radical (unpaired) electrons. The van der Waals surface area contributed by atoms with Crippen LogP contribution in [-0.2, 0) is 9.84 Å². The van der Waals surface area contributed by atoms with Crippen LogP contribution in [0.2, 0.25) is 0 Å². The smallest absolute Gasteiger partial charge is 0.223 e. The second-order valence-electron chi connectivity index (χ2n) is 2.46. The fourth-order valence-corrected chi connectivity index (χ4v) is 2.17. The lowest BCUT2D eigenvalue weighted by molar-refractivity contribution is 0.608. The van der Waals surface area contributed by atoms with E-state index in [-0.39, 0.29) is 9.94 Å². The van der Waals surface area contributed by atoms with Crippen molar-refractivity contribution < 1.29 is 8.42 Å². The van der Waals surface area contributed by atoms with Gasteiger partial charge in [0.15, 0.2) is 5.82 Å². The standard InChI is InChI=1S/C7H6N2O2S/c1-5-9-7-6(12(5,10)11)3-2-4-8-7/h2-4H,1H3. The lowest BCUT2D eigenvalue weighted by Crippen LogP contribution is -2.05. The monoisotopic (exact) mass is 182 g/mol. The molecule has 0 saturated heterocycles. The molecule has 0 spiro atoms. The molecule has 0 amide bonds. The largest absolute Gasteiger partial charge is 0.236 e. The van der Waals surface area contributed by atoms with Crippen LogP contribution in [0.1, 0.15) is 6.92 Å². The van der Waals surface area contributed by atoms with Crippen molar-refractivity contribution in [3.05, 3.63) is 18.3 Å². The molecule has 0 N–H and O–H groups in total. The molecule has 5 heteroatoms. The third-order valence-electron chi connectivity index (χ3n) is 1.69. The van der Waals surface area contributed by atoms with E-state index in [4.69, 9.17) is 0 Å². The molecular formula is C7H6N2O2S. The highest BCUT2D eigenvalue weighted by molar-refractivity contribution is 8.06. The van der Waals surface area contributed by atoms with E-state index in [1.54, 1.807) is 6.07 Å². The van der Waals surface area contributed by atoms with Gasteiger partial charge in [-0.05, 0) is 19.1 Å². The van der Waals surface area contributed by atoms with Crippen LogP contribution < -0.4 is 0 Å². The average Bonchev–Trinajstić information content (AvgIpc) is 2.25. The molecule has 0 fully saturated rings. The summed E-state index contributed by atoms with van der Waals surface area (Å²) in [7, 11) is -3.30. The van der Waals surface area contributed by atoms with E-state index >= 15 is 0 Å². The van der Waals surface area contributed by atoms with Crippen LogP contribution in [0, 0.1) is 0 Å². The first-order valence-corrected chi connectivity index (χ1v) is 4.86. The second-order valence-corrected chi connectivity index (χ2v) is 4.50. The van der Waals surface area contributed by atoms with Gasteiger partial charge in [0, 0.05) is 6.20 Å². The molecule has 1 aliphatic rings. The number of aliphatic imine (C=N–C) groups is 1. The first kappa shape index (κ1) is 7.42. The maximum Gasteiger partial charge on any atom is 0.223 e. The second kappa shape index (κ2) is 2.13. The highest BCUT2D eigenvalue weighted by Crippen LogP contribution is 2.29. The fraction of sp³-hybridized carbons (Fsp3) is 0.143. The molecule has 0 aliphatic carbocycles. The molecule has 12 heavy (non-hydrogen) atoms. The van der Waals surface area contributed by atoms with Crippen molar-refractivity contribution in [1.82, 2.24) is 4.98 Å². The summed E-state index contributed by atoms with van der Waals surface area (Å²) in [5.74, 6) is 0.301. The van der Waals surface area contributed by atoms with Crippen molar-refractivity contribution in [1.29, 1.82) is 0 Å². The van der Waals surface area contributed by atoms with E-state index in [0.717, 1.165) is 0 Å². The lowest BCUT2D eigenvalue weighted by atomic mass is 10.5. The van der Waals surface area contributed by atoms with Gasteiger partial charge in [0.05, 0.1) is 0 Å². The SMILES string of the molecule is CC1=Nc2ncccc2S1(=O)=O. The summed E-state index contributed by atoms with van der Waals surface area (Å²) in [5.41, 5.74) is 0. The third kappa shape index (κ3) is 0.797. The van der Waals surface area contributed by atoms with E-state index in [1.165, 1.54) is 19.2 Å². The Morgan fingerprint density at radius 1 is 1.42 bits per heavy atom. The summed E-state index contributed by atoms with van der Waals surface area (Å²) in [6, 6.07) is 3.10. The maximum absolute atomic E-state index is 11.4. The van der Waals surface area contributed by atoms with Crippen molar-refractivity contribution in [2.24, 2.45) is 4.99 Å². The molecule has 2 rings (SSSR count). The number of nitrogens with zero attached hydrogens (tertiary/aromatic N) is 2. The van der Waals surface area contributed by atoms with E-state index in [9.17, 15) is 8.42 Å². The van der Waals surface area contributed by atoms with E-state index < -0.39 is 9.84 Å². The summed E-state index contributed by atoms with van der Waals surface area (Å²) < 4.78 is 22.8. The van der Waals surface area contributed by atoms with Gasteiger partial charge >= 0.3 is 0 Å². The number of fused-ring (bicyclic) bond motifs is 1. The zero-order valence-corrected chi connectivity index (χ0v) is 7.17. The van der Waals surface area contributed by atoms with Gasteiger partial charge in [-0.15, -0.1) is 0 Å². The van der Waals surface area contributed by atoms with Gasteiger partial charge < -0.3 is 0 Å². The van der Waals surface area contributed by atoms with Gasteiger partial charge in [0.1, 0.15) is 9.94 Å². The van der Waals surface area contributed by atoms with Gasteiger partial charge in [-0.1, -0.05) is 0 Å². The minimum absolute atomic E-state index is 0.121. The normalized spacial score (nSPS) is 18.6. The summed E-state index contributed by atoms with van der Waals surface area (Å²) >= 11 is 0. The summed E-state index contributed by atoms with van der Waals surface area (Å²) in [6.07, 6.45) is 1.52. The first-order chi connectivity index (χ1) is 5.62. The van der Waals surface area contributed by atoms with E-state index in [2.05, 4.69) is 9.98 Å². The van der Waals surface area contributed by atoms with Crippen LogP contribution in [0.25, 0.3) is 0 Å². The summed E-state index contributed by atoms with van der Waals surface area (Å²) in [4.78, 5) is 7.87. The minimum atomic E-state index is -3.30. The highest BCUT2D eigenvalue weighted by Gasteiger charge is 2.28. The van der Waals surface area contributed by atoms with Gasteiger partial charge in [-0.3, -0.25) is 0 Å². The Labute approximate surface area is 69.9 Å².